The van der Waals surface area contributed by atoms with Crippen molar-refractivity contribution < 1.29 is 13.9 Å². The molecule has 1 aromatic carbocycles. The van der Waals surface area contributed by atoms with Crippen LogP contribution >= 0.6 is 11.6 Å². The van der Waals surface area contributed by atoms with E-state index in [0.29, 0.717) is 54.0 Å². The van der Waals surface area contributed by atoms with E-state index in [1.807, 2.05) is 0 Å². The smallest absolute Gasteiger partial charge is 0.409 e. The van der Waals surface area contributed by atoms with E-state index in [1.165, 1.54) is 25.6 Å². The number of aromatic nitrogens is 4. The van der Waals surface area contributed by atoms with Gasteiger partial charge in [-0.3, -0.25) is 0 Å². The van der Waals surface area contributed by atoms with E-state index < -0.39 is 5.82 Å². The number of benzene rings is 1. The predicted octanol–water partition coefficient (Wildman–Crippen LogP) is 4.24. The van der Waals surface area contributed by atoms with E-state index >= 15 is 0 Å². The Labute approximate surface area is 189 Å². The highest BCUT2D eigenvalue weighted by atomic mass is 35.5. The van der Waals surface area contributed by atoms with Crippen molar-refractivity contribution in [2.75, 3.05) is 37.4 Å². The second kappa shape index (κ2) is 9.90. The Balaban J connectivity index is 1.38. The molecule has 1 saturated heterocycles. The lowest BCUT2D eigenvalue weighted by Crippen LogP contribution is -2.38. The van der Waals surface area contributed by atoms with Crippen LogP contribution < -0.4 is 10.6 Å². The number of rotatable bonds is 6. The second-order valence-electron chi connectivity index (χ2n) is 7.52. The molecule has 0 radical (unpaired) electrons. The van der Waals surface area contributed by atoms with Gasteiger partial charge >= 0.3 is 6.09 Å². The highest BCUT2D eigenvalue weighted by molar-refractivity contribution is 6.31. The van der Waals surface area contributed by atoms with Gasteiger partial charge in [-0.15, -0.1) is 0 Å². The molecular formula is C21H23ClFN7O2. The fourth-order valence-electron chi connectivity index (χ4n) is 3.66. The van der Waals surface area contributed by atoms with Crippen molar-refractivity contribution in [2.45, 2.75) is 19.3 Å². The molecule has 0 atom stereocenters. The van der Waals surface area contributed by atoms with Gasteiger partial charge in [0.2, 0.25) is 5.95 Å². The number of piperidine rings is 1. The van der Waals surface area contributed by atoms with Crippen molar-refractivity contribution in [3.05, 3.63) is 41.6 Å². The first-order chi connectivity index (χ1) is 15.5. The maximum atomic E-state index is 13.4. The van der Waals surface area contributed by atoms with E-state index in [-0.39, 0.29) is 11.1 Å². The summed E-state index contributed by atoms with van der Waals surface area (Å²) in [5.41, 5.74) is 1.70. The number of methoxy groups -OCH3 is 1. The number of hydrogen-bond acceptors (Lipinski definition) is 8. The summed E-state index contributed by atoms with van der Waals surface area (Å²) in [6, 6.07) is 4.34. The Kier molecular flexibility index (Phi) is 6.79. The number of carbonyl (C=O) groups is 1. The Hall–Kier alpha value is -3.27. The number of carbonyl (C=O) groups excluding carboxylic acids is 1. The fourth-order valence-corrected chi connectivity index (χ4v) is 3.84. The summed E-state index contributed by atoms with van der Waals surface area (Å²) in [5.74, 6) is 0.972. The Bertz CT molecular complexity index is 1110. The SMILES string of the molecule is COC(=O)N1CCC(CCNc2ncc3ncnc(Nc4ccc(F)c(Cl)c4)c3n2)CC1. The molecule has 168 valence electrons. The molecule has 0 bridgehead atoms. The predicted molar refractivity (Wildman–Crippen MR) is 120 cm³/mol. The van der Waals surface area contributed by atoms with Crippen LogP contribution in [0.1, 0.15) is 19.3 Å². The third-order valence-corrected chi connectivity index (χ3v) is 5.73. The molecule has 1 aliphatic rings. The molecule has 0 spiro atoms. The summed E-state index contributed by atoms with van der Waals surface area (Å²) in [4.78, 5) is 30.7. The summed E-state index contributed by atoms with van der Waals surface area (Å²) in [6.07, 6.45) is 5.60. The lowest BCUT2D eigenvalue weighted by Gasteiger charge is -2.30. The van der Waals surface area contributed by atoms with E-state index in [9.17, 15) is 9.18 Å². The first-order valence-corrected chi connectivity index (χ1v) is 10.7. The zero-order chi connectivity index (χ0) is 22.5. The third-order valence-electron chi connectivity index (χ3n) is 5.44. The number of ether oxygens (including phenoxy) is 1. The van der Waals surface area contributed by atoms with Crippen LogP contribution in [-0.4, -0.2) is 57.7 Å². The lowest BCUT2D eigenvalue weighted by atomic mass is 9.94. The highest BCUT2D eigenvalue weighted by Gasteiger charge is 2.22. The number of likely N-dealkylation sites (tertiary alicyclic amines) is 1. The van der Waals surface area contributed by atoms with Gasteiger partial charge in [0, 0.05) is 25.3 Å². The van der Waals surface area contributed by atoms with Gasteiger partial charge in [-0.1, -0.05) is 11.6 Å². The van der Waals surface area contributed by atoms with E-state index in [0.717, 1.165) is 19.3 Å². The number of fused-ring (bicyclic) bond motifs is 1. The summed E-state index contributed by atoms with van der Waals surface area (Å²) >= 11 is 5.87. The van der Waals surface area contributed by atoms with Crippen LogP contribution in [-0.2, 0) is 4.74 Å². The molecule has 1 aliphatic heterocycles. The normalized spacial score (nSPS) is 14.4. The van der Waals surface area contributed by atoms with Gasteiger partial charge in [-0.05, 0) is 43.4 Å². The molecule has 1 amide bonds. The minimum atomic E-state index is -0.491. The van der Waals surface area contributed by atoms with Crippen LogP contribution in [0.3, 0.4) is 0 Å². The van der Waals surface area contributed by atoms with Crippen LogP contribution in [0.15, 0.2) is 30.7 Å². The van der Waals surface area contributed by atoms with Crippen LogP contribution in [0.25, 0.3) is 11.0 Å². The van der Waals surface area contributed by atoms with Gasteiger partial charge in [-0.2, -0.15) is 0 Å². The Morgan fingerprint density at radius 2 is 2.09 bits per heavy atom. The van der Waals surface area contributed by atoms with Crippen molar-refractivity contribution in [3.63, 3.8) is 0 Å². The summed E-state index contributed by atoms with van der Waals surface area (Å²) in [5, 5.41) is 6.38. The molecule has 2 aromatic heterocycles. The molecule has 11 heteroatoms. The van der Waals surface area contributed by atoms with Crippen molar-refractivity contribution in [1.29, 1.82) is 0 Å². The van der Waals surface area contributed by atoms with Crippen molar-refractivity contribution >= 4 is 46.2 Å². The van der Waals surface area contributed by atoms with E-state index in [2.05, 4.69) is 30.6 Å². The van der Waals surface area contributed by atoms with Crippen LogP contribution in [0.2, 0.25) is 5.02 Å². The minimum absolute atomic E-state index is 0.0164. The topological polar surface area (TPSA) is 105 Å². The average molecular weight is 460 g/mol. The zero-order valence-electron chi connectivity index (χ0n) is 17.5. The average Bonchev–Trinajstić information content (AvgIpc) is 2.82. The molecule has 3 aromatic rings. The van der Waals surface area contributed by atoms with Gasteiger partial charge < -0.3 is 20.3 Å². The number of halogens is 2. The number of anilines is 3. The van der Waals surface area contributed by atoms with E-state index in [1.54, 1.807) is 17.2 Å². The Morgan fingerprint density at radius 3 is 2.84 bits per heavy atom. The van der Waals surface area contributed by atoms with Crippen LogP contribution in [0.5, 0.6) is 0 Å². The van der Waals surface area contributed by atoms with Crippen LogP contribution in [0.4, 0.5) is 26.6 Å². The standard InChI is InChI=1S/C21H23ClFN7O2/c1-32-21(31)30-8-5-13(6-9-30)4-7-24-20-25-11-17-18(29-20)19(27-12-26-17)28-14-2-3-16(23)15(22)10-14/h2-3,10-13H,4-9H2,1H3,(H,24,25,29)(H,26,27,28). The lowest BCUT2D eigenvalue weighted by molar-refractivity contribution is 0.105. The van der Waals surface area contributed by atoms with Crippen molar-refractivity contribution in [3.8, 4) is 0 Å². The van der Waals surface area contributed by atoms with Crippen molar-refractivity contribution in [2.24, 2.45) is 5.92 Å². The number of nitrogens with zero attached hydrogens (tertiary/aromatic N) is 5. The first kappa shape index (κ1) is 21.9. The molecule has 32 heavy (non-hydrogen) atoms. The third kappa shape index (κ3) is 5.13. The Morgan fingerprint density at radius 1 is 1.28 bits per heavy atom. The molecule has 2 N–H and O–H groups in total. The van der Waals surface area contributed by atoms with Gasteiger partial charge in [0.1, 0.15) is 23.2 Å². The van der Waals surface area contributed by atoms with E-state index in [4.69, 9.17) is 16.3 Å². The zero-order valence-corrected chi connectivity index (χ0v) is 18.3. The van der Waals surface area contributed by atoms with Crippen LogP contribution in [0, 0.1) is 11.7 Å². The minimum Gasteiger partial charge on any atom is -0.453 e. The fraction of sp³-hybridized carbons (Fsp3) is 0.381. The molecule has 3 heterocycles. The quantitative estimate of drug-likeness (QED) is 0.564. The maximum absolute atomic E-state index is 13.4. The first-order valence-electron chi connectivity index (χ1n) is 10.3. The number of amides is 1. The molecular weight excluding hydrogens is 437 g/mol. The molecule has 1 fully saturated rings. The summed E-state index contributed by atoms with van der Waals surface area (Å²) < 4.78 is 18.2. The highest BCUT2D eigenvalue weighted by Crippen LogP contribution is 2.25. The monoisotopic (exact) mass is 459 g/mol. The van der Waals surface area contributed by atoms with Gasteiger partial charge in [0.15, 0.2) is 5.82 Å². The van der Waals surface area contributed by atoms with Gasteiger partial charge in [-0.25, -0.2) is 29.1 Å². The van der Waals surface area contributed by atoms with Gasteiger partial charge in [0.25, 0.3) is 0 Å². The summed E-state index contributed by atoms with van der Waals surface area (Å²) in [7, 11) is 1.41. The molecule has 0 saturated carbocycles. The molecule has 9 nitrogen and oxygen atoms in total. The van der Waals surface area contributed by atoms with Gasteiger partial charge in [0.05, 0.1) is 18.3 Å². The maximum Gasteiger partial charge on any atom is 0.409 e. The van der Waals surface area contributed by atoms with Crippen molar-refractivity contribution in [1.82, 2.24) is 24.8 Å². The summed E-state index contributed by atoms with van der Waals surface area (Å²) in [6.45, 7) is 2.13. The number of nitrogens with one attached hydrogen (secondary N) is 2. The largest absolute Gasteiger partial charge is 0.453 e. The number of hydrogen-bond donors (Lipinski definition) is 2. The second-order valence-corrected chi connectivity index (χ2v) is 7.93. The molecule has 0 unspecified atom stereocenters. The molecule has 4 rings (SSSR count). The molecule has 0 aliphatic carbocycles.